The van der Waals surface area contributed by atoms with Crippen LogP contribution >= 0.6 is 0 Å². The Kier molecular flexibility index (Phi) is 2.54. The maximum atomic E-state index is 5.87. The van der Waals surface area contributed by atoms with Crippen LogP contribution in [0.15, 0.2) is 18.5 Å². The van der Waals surface area contributed by atoms with E-state index in [-0.39, 0.29) is 0 Å². The fourth-order valence-corrected chi connectivity index (χ4v) is 1.72. The number of nitrogens with zero attached hydrogens (tertiary/aromatic N) is 2. The van der Waals surface area contributed by atoms with Crippen molar-refractivity contribution in [3.63, 3.8) is 0 Å². The third-order valence-corrected chi connectivity index (χ3v) is 2.67. The number of rotatable bonds is 2. The van der Waals surface area contributed by atoms with Crippen LogP contribution in [0.4, 0.5) is 11.4 Å². The van der Waals surface area contributed by atoms with Crippen molar-refractivity contribution in [3.8, 4) is 0 Å². The molecule has 4 heteroatoms. The first-order chi connectivity index (χ1) is 6.79. The summed E-state index contributed by atoms with van der Waals surface area (Å²) in [5.41, 5.74) is 7.63. The summed E-state index contributed by atoms with van der Waals surface area (Å²) in [5, 5.41) is 0. The van der Waals surface area contributed by atoms with Crippen LogP contribution in [0.2, 0.25) is 0 Å². The van der Waals surface area contributed by atoms with E-state index < -0.39 is 0 Å². The van der Waals surface area contributed by atoms with Crippen molar-refractivity contribution in [2.24, 2.45) is 0 Å². The smallest absolute Gasteiger partial charge is 0.0786 e. The zero-order valence-electron chi connectivity index (χ0n) is 8.31. The number of nitrogens with two attached hydrogens (primary N) is 1. The van der Waals surface area contributed by atoms with Gasteiger partial charge in [0.1, 0.15) is 0 Å². The van der Waals surface area contributed by atoms with Gasteiger partial charge in [-0.1, -0.05) is 0 Å². The molecule has 14 heavy (non-hydrogen) atoms. The predicted octanol–water partition coefficient (Wildman–Crippen LogP) is 0.889. The van der Waals surface area contributed by atoms with Gasteiger partial charge in [0, 0.05) is 19.9 Å². The van der Waals surface area contributed by atoms with Gasteiger partial charge in [-0.25, -0.2) is 0 Å². The first kappa shape index (κ1) is 9.27. The molecule has 0 aromatic carbocycles. The number of hydrogen-bond donors (Lipinski definition) is 1. The number of likely N-dealkylation sites (N-methyl/N-ethyl adjacent to an activating group) is 1. The third kappa shape index (κ3) is 1.65. The first-order valence-corrected chi connectivity index (χ1v) is 4.79. The van der Waals surface area contributed by atoms with Gasteiger partial charge in [0.05, 0.1) is 30.2 Å². The van der Waals surface area contributed by atoms with Crippen molar-refractivity contribution in [2.45, 2.75) is 12.5 Å². The monoisotopic (exact) mass is 193 g/mol. The van der Waals surface area contributed by atoms with Crippen molar-refractivity contribution in [3.05, 3.63) is 18.5 Å². The molecule has 1 aliphatic rings. The average Bonchev–Trinajstić information content (AvgIpc) is 2.70. The largest absolute Gasteiger partial charge is 0.397 e. The van der Waals surface area contributed by atoms with E-state index in [1.807, 2.05) is 13.1 Å². The average molecular weight is 193 g/mol. The maximum absolute atomic E-state index is 5.87. The molecule has 2 heterocycles. The SMILES string of the molecule is CN(c1cnccc1N)C1CCOC1. The van der Waals surface area contributed by atoms with Crippen molar-refractivity contribution >= 4 is 11.4 Å². The molecule has 76 valence electrons. The minimum absolute atomic E-state index is 0.432. The number of pyridine rings is 1. The fourth-order valence-electron chi connectivity index (χ4n) is 1.72. The Morgan fingerprint density at radius 2 is 2.50 bits per heavy atom. The van der Waals surface area contributed by atoms with E-state index in [1.165, 1.54) is 0 Å². The summed E-state index contributed by atoms with van der Waals surface area (Å²) in [6.45, 7) is 1.63. The van der Waals surface area contributed by atoms with Crippen LogP contribution in [0.5, 0.6) is 0 Å². The second kappa shape index (κ2) is 3.84. The van der Waals surface area contributed by atoms with Crippen molar-refractivity contribution in [1.29, 1.82) is 0 Å². The quantitative estimate of drug-likeness (QED) is 0.757. The second-order valence-electron chi connectivity index (χ2n) is 3.56. The summed E-state index contributed by atoms with van der Waals surface area (Å²) in [4.78, 5) is 6.22. The van der Waals surface area contributed by atoms with Crippen molar-refractivity contribution in [1.82, 2.24) is 4.98 Å². The summed E-state index contributed by atoms with van der Waals surface area (Å²) < 4.78 is 5.34. The fraction of sp³-hybridized carbons (Fsp3) is 0.500. The summed E-state index contributed by atoms with van der Waals surface area (Å²) in [7, 11) is 2.03. The van der Waals surface area contributed by atoms with Crippen molar-refractivity contribution in [2.75, 3.05) is 30.9 Å². The lowest BCUT2D eigenvalue weighted by atomic mass is 10.2. The van der Waals surface area contributed by atoms with Crippen LogP contribution < -0.4 is 10.6 Å². The van der Waals surface area contributed by atoms with Gasteiger partial charge in [0.2, 0.25) is 0 Å². The molecule has 2 N–H and O–H groups in total. The van der Waals surface area contributed by atoms with Gasteiger partial charge >= 0.3 is 0 Å². The Morgan fingerprint density at radius 3 is 3.14 bits per heavy atom. The third-order valence-electron chi connectivity index (χ3n) is 2.67. The molecule has 1 aromatic rings. The van der Waals surface area contributed by atoms with E-state index in [9.17, 15) is 0 Å². The highest BCUT2D eigenvalue weighted by molar-refractivity contribution is 5.65. The van der Waals surface area contributed by atoms with E-state index >= 15 is 0 Å². The summed E-state index contributed by atoms with van der Waals surface area (Å²) in [5.74, 6) is 0. The van der Waals surface area contributed by atoms with E-state index in [0.717, 1.165) is 31.0 Å². The molecule has 1 atom stereocenters. The Morgan fingerprint density at radius 1 is 1.64 bits per heavy atom. The Labute approximate surface area is 83.7 Å². The molecule has 1 fully saturated rings. The van der Waals surface area contributed by atoms with Gasteiger partial charge in [-0.05, 0) is 12.5 Å². The van der Waals surface area contributed by atoms with Crippen LogP contribution in [-0.2, 0) is 4.74 Å². The molecule has 0 saturated carbocycles. The number of nitrogen functional groups attached to an aromatic ring is 1. The number of aromatic nitrogens is 1. The van der Waals surface area contributed by atoms with Crippen LogP contribution in [-0.4, -0.2) is 31.3 Å². The molecular formula is C10H15N3O. The minimum atomic E-state index is 0.432. The van der Waals surface area contributed by atoms with Crippen molar-refractivity contribution < 1.29 is 4.74 Å². The molecule has 1 aliphatic heterocycles. The Hall–Kier alpha value is -1.29. The first-order valence-electron chi connectivity index (χ1n) is 4.79. The van der Waals surface area contributed by atoms with Crippen LogP contribution in [0.3, 0.4) is 0 Å². The lowest BCUT2D eigenvalue weighted by Gasteiger charge is -2.26. The number of anilines is 2. The van der Waals surface area contributed by atoms with Gasteiger partial charge in [-0.15, -0.1) is 0 Å². The van der Waals surface area contributed by atoms with Gasteiger partial charge < -0.3 is 15.4 Å². The number of ether oxygens (including phenoxy) is 1. The molecule has 0 amide bonds. The normalized spacial score (nSPS) is 21.1. The standard InChI is InChI=1S/C10H15N3O/c1-13(8-3-5-14-7-8)10-6-12-4-2-9(10)11/h2,4,6,8H,3,5,7H2,1H3,(H2,11,12). The Balaban J connectivity index is 2.17. The lowest BCUT2D eigenvalue weighted by Crippen LogP contribution is -2.32. The minimum Gasteiger partial charge on any atom is -0.397 e. The number of hydrogen-bond acceptors (Lipinski definition) is 4. The second-order valence-corrected chi connectivity index (χ2v) is 3.56. The van der Waals surface area contributed by atoms with Crippen LogP contribution in [0.25, 0.3) is 0 Å². The van der Waals surface area contributed by atoms with Gasteiger partial charge in [0.15, 0.2) is 0 Å². The zero-order chi connectivity index (χ0) is 9.97. The van der Waals surface area contributed by atoms with Crippen LogP contribution in [0.1, 0.15) is 6.42 Å². The zero-order valence-corrected chi connectivity index (χ0v) is 8.31. The molecule has 1 unspecified atom stereocenters. The van der Waals surface area contributed by atoms with Crippen LogP contribution in [0, 0.1) is 0 Å². The molecule has 0 aliphatic carbocycles. The lowest BCUT2D eigenvalue weighted by molar-refractivity contribution is 0.193. The molecule has 0 radical (unpaired) electrons. The van der Waals surface area contributed by atoms with E-state index in [4.69, 9.17) is 10.5 Å². The highest BCUT2D eigenvalue weighted by atomic mass is 16.5. The predicted molar refractivity (Wildman–Crippen MR) is 56.3 cm³/mol. The molecule has 0 spiro atoms. The highest BCUT2D eigenvalue weighted by Crippen LogP contribution is 2.24. The molecule has 1 saturated heterocycles. The van der Waals surface area contributed by atoms with Gasteiger partial charge in [-0.3, -0.25) is 4.98 Å². The Bertz CT molecular complexity index is 310. The van der Waals surface area contributed by atoms with E-state index in [2.05, 4.69) is 9.88 Å². The maximum Gasteiger partial charge on any atom is 0.0786 e. The molecule has 0 bridgehead atoms. The van der Waals surface area contributed by atoms with Gasteiger partial charge in [0.25, 0.3) is 0 Å². The molecule has 1 aromatic heterocycles. The van der Waals surface area contributed by atoms with Gasteiger partial charge in [-0.2, -0.15) is 0 Å². The van der Waals surface area contributed by atoms with E-state index in [1.54, 1.807) is 12.4 Å². The molecule has 2 rings (SSSR count). The summed E-state index contributed by atoms with van der Waals surface area (Å²) in [6, 6.07) is 2.25. The molecule has 4 nitrogen and oxygen atoms in total. The topological polar surface area (TPSA) is 51.4 Å². The summed E-state index contributed by atoms with van der Waals surface area (Å²) >= 11 is 0. The van der Waals surface area contributed by atoms with E-state index in [0.29, 0.717) is 6.04 Å². The summed E-state index contributed by atoms with van der Waals surface area (Å²) in [6.07, 6.45) is 4.57. The highest BCUT2D eigenvalue weighted by Gasteiger charge is 2.21. The molecular weight excluding hydrogens is 178 g/mol.